The van der Waals surface area contributed by atoms with Crippen molar-refractivity contribution in [2.75, 3.05) is 7.11 Å². The van der Waals surface area contributed by atoms with Gasteiger partial charge in [-0.3, -0.25) is 9.78 Å². The van der Waals surface area contributed by atoms with E-state index in [-0.39, 0.29) is 17.1 Å². The van der Waals surface area contributed by atoms with Crippen molar-refractivity contribution < 1.29 is 24.5 Å². The number of nitrogens with one attached hydrogen (secondary N) is 1. The lowest BCUT2D eigenvalue weighted by atomic mass is 9.89. The van der Waals surface area contributed by atoms with Crippen LogP contribution in [0.25, 0.3) is 0 Å². The van der Waals surface area contributed by atoms with Gasteiger partial charge in [-0.15, -0.1) is 0 Å². The van der Waals surface area contributed by atoms with Gasteiger partial charge >= 0.3 is 0 Å². The van der Waals surface area contributed by atoms with Crippen LogP contribution in [0.15, 0.2) is 41.1 Å². The average molecular weight is 437 g/mol. The largest absolute Gasteiger partial charge is 0.504 e. The smallest absolute Gasteiger partial charge is 0.255 e. The number of methoxy groups -OCH3 is 1. The number of hydrogen-bond donors (Lipinski definition) is 3. The van der Waals surface area contributed by atoms with E-state index in [4.69, 9.17) is 9.47 Å². The van der Waals surface area contributed by atoms with E-state index in [1.807, 2.05) is 0 Å². The molecule has 2 aromatic rings. The molecular formula is C19H21BrN2O5. The lowest BCUT2D eigenvalue weighted by molar-refractivity contribution is -0.0142. The van der Waals surface area contributed by atoms with Crippen LogP contribution in [0.3, 0.4) is 0 Å². The first-order valence-corrected chi connectivity index (χ1v) is 9.41. The number of halogens is 1. The molecule has 1 aromatic heterocycles. The molecular weight excluding hydrogens is 416 g/mol. The number of carbonyl (C=O) groups excluding carboxylic acids is 1. The van der Waals surface area contributed by atoms with Crippen molar-refractivity contribution in [3.05, 3.63) is 46.7 Å². The molecule has 1 aliphatic carbocycles. The molecule has 0 unspecified atom stereocenters. The number of aromatic nitrogens is 1. The SMILES string of the molecule is COc1cc(Br)cc(C(=O)N[C@@H]2CCC[C@@H](Oc3cccnc3)[C@@H]2O)c1O. The molecule has 1 aromatic carbocycles. The van der Waals surface area contributed by atoms with Crippen LogP contribution in [-0.2, 0) is 0 Å². The minimum absolute atomic E-state index is 0.0729. The van der Waals surface area contributed by atoms with E-state index in [1.165, 1.54) is 13.2 Å². The third kappa shape index (κ3) is 4.51. The van der Waals surface area contributed by atoms with Crippen molar-refractivity contribution in [3.63, 3.8) is 0 Å². The second-order valence-corrected chi connectivity index (χ2v) is 7.27. The predicted molar refractivity (Wildman–Crippen MR) is 102 cm³/mol. The Morgan fingerprint density at radius 3 is 2.89 bits per heavy atom. The van der Waals surface area contributed by atoms with Gasteiger partial charge in [0, 0.05) is 10.7 Å². The van der Waals surface area contributed by atoms with Gasteiger partial charge in [-0.05, 0) is 43.5 Å². The third-order valence-electron chi connectivity index (χ3n) is 4.54. The maximum Gasteiger partial charge on any atom is 0.255 e. The molecule has 144 valence electrons. The molecule has 0 radical (unpaired) electrons. The maximum absolute atomic E-state index is 12.7. The fourth-order valence-electron chi connectivity index (χ4n) is 3.17. The first kappa shape index (κ1) is 19.4. The molecule has 0 aliphatic heterocycles. The van der Waals surface area contributed by atoms with Crippen molar-refractivity contribution in [3.8, 4) is 17.2 Å². The van der Waals surface area contributed by atoms with Gasteiger partial charge in [0.2, 0.25) is 0 Å². The number of ether oxygens (including phenoxy) is 2. The fourth-order valence-corrected chi connectivity index (χ4v) is 3.60. The van der Waals surface area contributed by atoms with Crippen LogP contribution in [0, 0.1) is 0 Å². The first-order chi connectivity index (χ1) is 13.0. The van der Waals surface area contributed by atoms with E-state index in [0.717, 1.165) is 6.42 Å². The molecule has 1 aliphatic rings. The molecule has 0 spiro atoms. The number of rotatable bonds is 5. The fraction of sp³-hybridized carbons (Fsp3) is 0.368. The van der Waals surface area contributed by atoms with Gasteiger partial charge in [0.1, 0.15) is 18.0 Å². The van der Waals surface area contributed by atoms with Gasteiger partial charge in [0.15, 0.2) is 11.5 Å². The van der Waals surface area contributed by atoms with Gasteiger partial charge in [0.05, 0.1) is 24.9 Å². The zero-order chi connectivity index (χ0) is 19.4. The molecule has 1 fully saturated rings. The zero-order valence-electron chi connectivity index (χ0n) is 14.8. The molecule has 3 rings (SSSR count). The highest BCUT2D eigenvalue weighted by molar-refractivity contribution is 9.10. The van der Waals surface area contributed by atoms with Crippen molar-refractivity contribution in [2.45, 2.75) is 37.5 Å². The Bertz CT molecular complexity index is 802. The molecule has 7 nitrogen and oxygen atoms in total. The van der Waals surface area contributed by atoms with Gasteiger partial charge in [-0.2, -0.15) is 0 Å². The van der Waals surface area contributed by atoms with Crippen molar-refractivity contribution >= 4 is 21.8 Å². The molecule has 1 amide bonds. The summed E-state index contributed by atoms with van der Waals surface area (Å²) >= 11 is 3.29. The second-order valence-electron chi connectivity index (χ2n) is 6.35. The lowest BCUT2D eigenvalue weighted by Gasteiger charge is -2.35. The molecule has 8 heteroatoms. The van der Waals surface area contributed by atoms with Crippen LogP contribution in [0.5, 0.6) is 17.2 Å². The molecule has 1 saturated carbocycles. The van der Waals surface area contributed by atoms with Gasteiger partial charge in [-0.25, -0.2) is 0 Å². The summed E-state index contributed by atoms with van der Waals surface area (Å²) in [6.45, 7) is 0. The Morgan fingerprint density at radius 2 is 2.19 bits per heavy atom. The first-order valence-electron chi connectivity index (χ1n) is 8.61. The number of aromatic hydroxyl groups is 1. The van der Waals surface area contributed by atoms with Crippen molar-refractivity contribution in [2.24, 2.45) is 0 Å². The number of amides is 1. The average Bonchev–Trinajstić information content (AvgIpc) is 2.67. The summed E-state index contributed by atoms with van der Waals surface area (Å²) < 4.78 is 11.5. The number of aliphatic hydroxyl groups is 1. The van der Waals surface area contributed by atoms with Crippen molar-refractivity contribution in [1.29, 1.82) is 0 Å². The third-order valence-corrected chi connectivity index (χ3v) is 5.00. The normalized spacial score (nSPS) is 22.1. The van der Waals surface area contributed by atoms with Crippen LogP contribution in [0.4, 0.5) is 0 Å². The number of aliphatic hydroxyl groups excluding tert-OH is 1. The highest BCUT2D eigenvalue weighted by Gasteiger charge is 2.35. The molecule has 3 atom stereocenters. The van der Waals surface area contributed by atoms with E-state index in [0.29, 0.717) is 23.1 Å². The minimum Gasteiger partial charge on any atom is -0.504 e. The topological polar surface area (TPSA) is 101 Å². The molecule has 0 bridgehead atoms. The van der Waals surface area contributed by atoms with Crippen LogP contribution in [0.2, 0.25) is 0 Å². The number of hydrogen-bond acceptors (Lipinski definition) is 6. The van der Waals surface area contributed by atoms with Gasteiger partial charge in [-0.1, -0.05) is 15.9 Å². The number of phenolic OH excluding ortho intramolecular Hbond substituents is 1. The summed E-state index contributed by atoms with van der Waals surface area (Å²) in [4.78, 5) is 16.7. The second kappa shape index (κ2) is 8.58. The van der Waals surface area contributed by atoms with Crippen molar-refractivity contribution in [1.82, 2.24) is 10.3 Å². The number of pyridine rings is 1. The van der Waals surface area contributed by atoms with E-state index in [1.54, 1.807) is 30.6 Å². The van der Waals surface area contributed by atoms with Crippen LogP contribution in [0.1, 0.15) is 29.6 Å². The summed E-state index contributed by atoms with van der Waals surface area (Å²) in [5.74, 6) is 0.0317. The van der Waals surface area contributed by atoms with E-state index < -0.39 is 24.2 Å². The summed E-state index contributed by atoms with van der Waals surface area (Å²) in [6.07, 6.45) is 4.00. The monoisotopic (exact) mass is 436 g/mol. The Hall–Kier alpha value is -2.32. The summed E-state index contributed by atoms with van der Waals surface area (Å²) in [6, 6.07) is 6.11. The summed E-state index contributed by atoms with van der Waals surface area (Å²) in [7, 11) is 1.41. The number of carbonyl (C=O) groups is 1. The lowest BCUT2D eigenvalue weighted by Crippen LogP contribution is -2.52. The summed E-state index contributed by atoms with van der Waals surface area (Å²) in [5.41, 5.74) is 0.0729. The van der Waals surface area contributed by atoms with Gasteiger partial charge < -0.3 is 25.0 Å². The molecule has 0 saturated heterocycles. The highest BCUT2D eigenvalue weighted by atomic mass is 79.9. The van der Waals surface area contributed by atoms with E-state index in [2.05, 4.69) is 26.2 Å². The van der Waals surface area contributed by atoms with Gasteiger partial charge in [0.25, 0.3) is 5.91 Å². The maximum atomic E-state index is 12.7. The number of phenols is 1. The number of nitrogens with zero attached hydrogens (tertiary/aromatic N) is 1. The van der Waals surface area contributed by atoms with Crippen LogP contribution < -0.4 is 14.8 Å². The quantitative estimate of drug-likeness (QED) is 0.665. The minimum atomic E-state index is -0.876. The number of benzene rings is 1. The van der Waals surface area contributed by atoms with E-state index >= 15 is 0 Å². The molecule has 3 N–H and O–H groups in total. The molecule has 1 heterocycles. The van der Waals surface area contributed by atoms with E-state index in [9.17, 15) is 15.0 Å². The summed E-state index contributed by atoms with van der Waals surface area (Å²) in [5, 5.41) is 23.7. The Kier molecular flexibility index (Phi) is 6.18. The standard InChI is InChI=1S/C19H21BrN2O5/c1-26-16-9-11(20)8-13(17(16)23)19(25)22-14-5-2-6-15(18(14)24)27-12-4-3-7-21-10-12/h3-4,7-10,14-15,18,23-24H,2,5-6H2,1H3,(H,22,25)/t14-,15-,18-/m1/s1. The Balaban J connectivity index is 1.71. The van der Waals surface area contributed by atoms with Crippen LogP contribution >= 0.6 is 15.9 Å². The molecule has 27 heavy (non-hydrogen) atoms. The zero-order valence-corrected chi connectivity index (χ0v) is 16.3. The Labute approximate surface area is 165 Å². The van der Waals surface area contributed by atoms with Crippen LogP contribution in [-0.4, -0.2) is 46.5 Å². The predicted octanol–water partition coefficient (Wildman–Crippen LogP) is 2.65. The Morgan fingerprint density at radius 1 is 1.37 bits per heavy atom. The highest BCUT2D eigenvalue weighted by Crippen LogP contribution is 2.34.